The third-order valence-electron chi connectivity index (χ3n) is 5.48. The molecule has 124 valence electrons. The summed E-state index contributed by atoms with van der Waals surface area (Å²) in [4.78, 5) is 0. The molecule has 1 saturated heterocycles. The first-order valence-corrected chi connectivity index (χ1v) is 9.64. The van der Waals surface area contributed by atoms with Crippen molar-refractivity contribution >= 4 is 0 Å². The maximum atomic E-state index is 6.18. The van der Waals surface area contributed by atoms with E-state index in [1.54, 1.807) is 0 Å². The molecular weight excluding hydrogens is 258 g/mol. The van der Waals surface area contributed by atoms with Gasteiger partial charge < -0.3 is 10.1 Å². The van der Waals surface area contributed by atoms with Gasteiger partial charge in [0.25, 0.3) is 0 Å². The molecule has 0 bridgehead atoms. The standard InChI is InChI=1S/C19H37NO/c1-3-5-6-7-8-9-12-19(16-20-14-4-2)13-15-21-18(19)17-10-11-17/h17-18,20H,3-16H2,1-2H3. The van der Waals surface area contributed by atoms with Crippen LogP contribution in [0.2, 0.25) is 0 Å². The average molecular weight is 296 g/mol. The third-order valence-corrected chi connectivity index (χ3v) is 5.48. The Hall–Kier alpha value is -0.0800. The molecule has 21 heavy (non-hydrogen) atoms. The minimum Gasteiger partial charge on any atom is -0.377 e. The number of rotatable bonds is 12. The molecule has 1 aliphatic heterocycles. The van der Waals surface area contributed by atoms with Gasteiger partial charge in [-0.25, -0.2) is 0 Å². The first-order chi connectivity index (χ1) is 10.3. The van der Waals surface area contributed by atoms with E-state index in [0.29, 0.717) is 11.5 Å². The molecule has 0 spiro atoms. The molecule has 2 rings (SSSR count). The van der Waals surface area contributed by atoms with Crippen LogP contribution in [-0.2, 0) is 4.74 Å². The molecule has 2 unspecified atom stereocenters. The maximum absolute atomic E-state index is 6.18. The molecule has 2 heteroatoms. The Morgan fingerprint density at radius 1 is 1.00 bits per heavy atom. The second kappa shape index (κ2) is 9.15. The van der Waals surface area contributed by atoms with E-state index in [1.165, 1.54) is 77.2 Å². The summed E-state index contributed by atoms with van der Waals surface area (Å²) in [7, 11) is 0. The van der Waals surface area contributed by atoms with Crippen LogP contribution in [0.25, 0.3) is 0 Å². The molecule has 0 radical (unpaired) electrons. The lowest BCUT2D eigenvalue weighted by Gasteiger charge is -2.35. The highest BCUT2D eigenvalue weighted by Crippen LogP contribution is 2.50. The molecule has 2 aliphatic rings. The summed E-state index contributed by atoms with van der Waals surface area (Å²) in [6.45, 7) is 7.92. The Morgan fingerprint density at radius 3 is 2.48 bits per heavy atom. The Bertz CT molecular complexity index is 277. The Morgan fingerprint density at radius 2 is 1.76 bits per heavy atom. The van der Waals surface area contributed by atoms with Crippen LogP contribution in [0.5, 0.6) is 0 Å². The molecule has 1 heterocycles. The molecule has 2 nitrogen and oxygen atoms in total. The zero-order valence-corrected chi connectivity index (χ0v) is 14.5. The van der Waals surface area contributed by atoms with Gasteiger partial charge in [0.15, 0.2) is 0 Å². The SMILES string of the molecule is CCCCCCCCC1(CNCCC)CCOC1C1CC1. The average Bonchev–Trinajstić information content (AvgIpc) is 3.25. The Kier molecular flexibility index (Phi) is 7.53. The van der Waals surface area contributed by atoms with Crippen molar-refractivity contribution in [1.29, 1.82) is 0 Å². The summed E-state index contributed by atoms with van der Waals surface area (Å²) in [6.07, 6.45) is 15.8. The predicted octanol–water partition coefficient (Wildman–Crippen LogP) is 4.92. The van der Waals surface area contributed by atoms with Gasteiger partial charge in [-0.05, 0) is 44.6 Å². The van der Waals surface area contributed by atoms with Crippen LogP contribution < -0.4 is 5.32 Å². The first kappa shape index (κ1) is 17.3. The lowest BCUT2D eigenvalue weighted by Crippen LogP contribution is -2.42. The number of unbranched alkanes of at least 4 members (excludes halogenated alkanes) is 5. The van der Waals surface area contributed by atoms with Crippen molar-refractivity contribution in [3.05, 3.63) is 0 Å². The van der Waals surface area contributed by atoms with E-state index < -0.39 is 0 Å². The largest absolute Gasteiger partial charge is 0.377 e. The fourth-order valence-corrected chi connectivity index (χ4v) is 4.06. The van der Waals surface area contributed by atoms with E-state index in [2.05, 4.69) is 19.2 Å². The van der Waals surface area contributed by atoms with E-state index in [4.69, 9.17) is 4.74 Å². The molecule has 2 fully saturated rings. The summed E-state index contributed by atoms with van der Waals surface area (Å²) in [5.74, 6) is 0.885. The van der Waals surface area contributed by atoms with Crippen molar-refractivity contribution in [2.45, 2.75) is 90.6 Å². The van der Waals surface area contributed by atoms with Crippen molar-refractivity contribution in [1.82, 2.24) is 5.32 Å². The minimum absolute atomic E-state index is 0.459. The second-order valence-corrected chi connectivity index (χ2v) is 7.44. The van der Waals surface area contributed by atoms with Crippen LogP contribution in [0.4, 0.5) is 0 Å². The van der Waals surface area contributed by atoms with E-state index in [-0.39, 0.29) is 0 Å². The van der Waals surface area contributed by atoms with Crippen LogP contribution in [0, 0.1) is 11.3 Å². The molecule has 1 saturated carbocycles. The maximum Gasteiger partial charge on any atom is 0.0672 e. The van der Waals surface area contributed by atoms with E-state index in [0.717, 1.165) is 19.1 Å². The van der Waals surface area contributed by atoms with Crippen LogP contribution in [0.3, 0.4) is 0 Å². The number of ether oxygens (including phenoxy) is 1. The van der Waals surface area contributed by atoms with E-state index >= 15 is 0 Å². The number of nitrogens with one attached hydrogen (secondary N) is 1. The molecule has 1 N–H and O–H groups in total. The van der Waals surface area contributed by atoms with Gasteiger partial charge in [-0.15, -0.1) is 0 Å². The molecular formula is C19H37NO. The summed E-state index contributed by atoms with van der Waals surface area (Å²) >= 11 is 0. The van der Waals surface area contributed by atoms with E-state index in [1.807, 2.05) is 0 Å². The highest BCUT2D eigenvalue weighted by Gasteiger charge is 2.50. The van der Waals surface area contributed by atoms with Crippen molar-refractivity contribution in [3.63, 3.8) is 0 Å². The van der Waals surface area contributed by atoms with Gasteiger partial charge >= 0.3 is 0 Å². The van der Waals surface area contributed by atoms with Gasteiger partial charge in [0.1, 0.15) is 0 Å². The zero-order valence-electron chi connectivity index (χ0n) is 14.5. The fraction of sp³-hybridized carbons (Fsp3) is 1.00. The monoisotopic (exact) mass is 295 g/mol. The number of hydrogen-bond donors (Lipinski definition) is 1. The van der Waals surface area contributed by atoms with Crippen molar-refractivity contribution in [3.8, 4) is 0 Å². The zero-order chi connectivity index (χ0) is 15.0. The Labute approximate surface area is 132 Å². The van der Waals surface area contributed by atoms with Gasteiger partial charge in [-0.1, -0.05) is 52.4 Å². The molecule has 0 aromatic carbocycles. The summed E-state index contributed by atoms with van der Waals surface area (Å²) < 4.78 is 6.18. The summed E-state index contributed by atoms with van der Waals surface area (Å²) in [5.41, 5.74) is 0.459. The molecule has 0 aromatic heterocycles. The first-order valence-electron chi connectivity index (χ1n) is 9.64. The molecule has 0 amide bonds. The van der Waals surface area contributed by atoms with Crippen LogP contribution in [0.1, 0.15) is 84.5 Å². The van der Waals surface area contributed by atoms with Gasteiger partial charge in [0.05, 0.1) is 6.10 Å². The van der Waals surface area contributed by atoms with Gasteiger partial charge in [0.2, 0.25) is 0 Å². The smallest absolute Gasteiger partial charge is 0.0672 e. The topological polar surface area (TPSA) is 21.3 Å². The third kappa shape index (κ3) is 5.25. The van der Waals surface area contributed by atoms with E-state index in [9.17, 15) is 0 Å². The van der Waals surface area contributed by atoms with Crippen LogP contribution >= 0.6 is 0 Å². The quantitative estimate of drug-likeness (QED) is 0.516. The summed E-state index contributed by atoms with van der Waals surface area (Å²) in [5, 5.41) is 3.71. The van der Waals surface area contributed by atoms with Crippen molar-refractivity contribution < 1.29 is 4.74 Å². The molecule has 1 aliphatic carbocycles. The Balaban J connectivity index is 1.77. The molecule has 0 aromatic rings. The second-order valence-electron chi connectivity index (χ2n) is 7.44. The molecule has 2 atom stereocenters. The van der Waals surface area contributed by atoms with Gasteiger partial charge in [-0.2, -0.15) is 0 Å². The normalized spacial score (nSPS) is 29.1. The highest BCUT2D eigenvalue weighted by molar-refractivity contribution is 5.00. The lowest BCUT2D eigenvalue weighted by molar-refractivity contribution is 0.0254. The summed E-state index contributed by atoms with van der Waals surface area (Å²) in [6, 6.07) is 0. The minimum atomic E-state index is 0.459. The van der Waals surface area contributed by atoms with Crippen molar-refractivity contribution in [2.75, 3.05) is 19.7 Å². The highest BCUT2D eigenvalue weighted by atomic mass is 16.5. The van der Waals surface area contributed by atoms with Crippen LogP contribution in [0.15, 0.2) is 0 Å². The van der Waals surface area contributed by atoms with Crippen molar-refractivity contribution in [2.24, 2.45) is 11.3 Å². The van der Waals surface area contributed by atoms with Gasteiger partial charge in [-0.3, -0.25) is 0 Å². The van der Waals surface area contributed by atoms with Crippen LogP contribution in [-0.4, -0.2) is 25.8 Å². The number of hydrogen-bond acceptors (Lipinski definition) is 2. The lowest BCUT2D eigenvalue weighted by atomic mass is 9.74. The predicted molar refractivity (Wildman–Crippen MR) is 90.7 cm³/mol. The van der Waals surface area contributed by atoms with Gasteiger partial charge in [0, 0.05) is 18.6 Å². The fourth-order valence-electron chi connectivity index (χ4n) is 4.06.